The summed E-state index contributed by atoms with van der Waals surface area (Å²) in [4.78, 5) is 22.3. The second-order valence-electron chi connectivity index (χ2n) is 4.25. The second kappa shape index (κ2) is 5.84. The van der Waals surface area contributed by atoms with Gasteiger partial charge in [-0.25, -0.2) is 4.79 Å². The predicted octanol–water partition coefficient (Wildman–Crippen LogP) is 0.781. The van der Waals surface area contributed by atoms with Crippen molar-refractivity contribution in [2.24, 2.45) is 5.92 Å². The zero-order chi connectivity index (χ0) is 12.1. The van der Waals surface area contributed by atoms with Crippen LogP contribution >= 0.6 is 0 Å². The lowest BCUT2D eigenvalue weighted by atomic mass is 10.2. The topological polar surface area (TPSA) is 75.6 Å². The van der Waals surface area contributed by atoms with E-state index in [0.717, 1.165) is 19.3 Å². The van der Waals surface area contributed by atoms with Gasteiger partial charge < -0.3 is 15.2 Å². The Labute approximate surface area is 95.2 Å². The molecule has 2 atom stereocenters. The molecule has 1 saturated carbocycles. The molecule has 92 valence electrons. The SMILES string of the molecule is CCC(C)OCC(=O)NC(C(=O)O)C1CC1. The number of rotatable bonds is 7. The first-order chi connectivity index (χ1) is 7.54. The van der Waals surface area contributed by atoms with Crippen LogP contribution in [0, 0.1) is 5.92 Å². The molecule has 0 radical (unpaired) electrons. The quantitative estimate of drug-likeness (QED) is 0.676. The lowest BCUT2D eigenvalue weighted by Crippen LogP contribution is -2.44. The van der Waals surface area contributed by atoms with Gasteiger partial charge in [0.05, 0.1) is 6.10 Å². The standard InChI is InChI=1S/C11H19NO4/c1-3-7(2)16-6-9(13)12-10(11(14)15)8-4-5-8/h7-8,10H,3-6H2,1-2H3,(H,12,13)(H,14,15). The van der Waals surface area contributed by atoms with Crippen molar-refractivity contribution in [2.45, 2.75) is 45.3 Å². The molecule has 5 heteroatoms. The minimum Gasteiger partial charge on any atom is -0.480 e. The summed E-state index contributed by atoms with van der Waals surface area (Å²) in [5.74, 6) is -1.20. The predicted molar refractivity (Wildman–Crippen MR) is 58.0 cm³/mol. The van der Waals surface area contributed by atoms with E-state index in [-0.39, 0.29) is 24.5 Å². The minimum absolute atomic E-state index is 0.0231. The number of nitrogens with one attached hydrogen (secondary N) is 1. The molecule has 1 rings (SSSR count). The third-order valence-electron chi connectivity index (χ3n) is 2.75. The van der Waals surface area contributed by atoms with E-state index in [1.807, 2.05) is 13.8 Å². The van der Waals surface area contributed by atoms with E-state index < -0.39 is 12.0 Å². The van der Waals surface area contributed by atoms with Gasteiger partial charge in [-0.2, -0.15) is 0 Å². The molecular weight excluding hydrogens is 210 g/mol. The Morgan fingerprint density at radius 1 is 1.50 bits per heavy atom. The van der Waals surface area contributed by atoms with Crippen molar-refractivity contribution in [2.75, 3.05) is 6.61 Å². The highest BCUT2D eigenvalue weighted by atomic mass is 16.5. The van der Waals surface area contributed by atoms with Crippen LogP contribution < -0.4 is 5.32 Å². The molecule has 2 unspecified atom stereocenters. The first kappa shape index (κ1) is 13.0. The Morgan fingerprint density at radius 3 is 2.56 bits per heavy atom. The highest BCUT2D eigenvalue weighted by Gasteiger charge is 2.37. The van der Waals surface area contributed by atoms with E-state index in [2.05, 4.69) is 5.32 Å². The van der Waals surface area contributed by atoms with Gasteiger partial charge in [0.2, 0.25) is 5.91 Å². The number of hydrogen-bond acceptors (Lipinski definition) is 3. The smallest absolute Gasteiger partial charge is 0.326 e. The molecule has 16 heavy (non-hydrogen) atoms. The molecule has 0 aromatic rings. The average Bonchev–Trinajstić information content (AvgIpc) is 3.05. The maximum Gasteiger partial charge on any atom is 0.326 e. The third kappa shape index (κ3) is 4.18. The number of carboxylic acid groups (broad SMARTS) is 1. The molecule has 1 aliphatic carbocycles. The van der Waals surface area contributed by atoms with Gasteiger partial charge in [-0.05, 0) is 32.1 Å². The van der Waals surface area contributed by atoms with Crippen LogP contribution in [0.1, 0.15) is 33.1 Å². The van der Waals surface area contributed by atoms with Gasteiger partial charge in [0.15, 0.2) is 0 Å². The fraction of sp³-hybridized carbons (Fsp3) is 0.818. The molecule has 1 fully saturated rings. The van der Waals surface area contributed by atoms with Gasteiger partial charge >= 0.3 is 5.97 Å². The maximum atomic E-state index is 11.4. The van der Waals surface area contributed by atoms with Gasteiger partial charge in [0.1, 0.15) is 12.6 Å². The first-order valence-corrected chi connectivity index (χ1v) is 5.68. The highest BCUT2D eigenvalue weighted by molar-refractivity contribution is 5.84. The van der Waals surface area contributed by atoms with Gasteiger partial charge in [-0.15, -0.1) is 0 Å². The molecule has 0 saturated heterocycles. The van der Waals surface area contributed by atoms with Gasteiger partial charge in [0.25, 0.3) is 0 Å². The molecule has 1 amide bonds. The van der Waals surface area contributed by atoms with Crippen molar-refractivity contribution in [1.82, 2.24) is 5.32 Å². The molecule has 0 heterocycles. The number of carbonyl (C=O) groups excluding carboxylic acids is 1. The lowest BCUT2D eigenvalue weighted by Gasteiger charge is -2.15. The zero-order valence-corrected chi connectivity index (χ0v) is 9.73. The molecule has 2 N–H and O–H groups in total. The van der Waals surface area contributed by atoms with E-state index in [1.54, 1.807) is 0 Å². The summed E-state index contributed by atoms with van der Waals surface area (Å²) in [7, 11) is 0. The zero-order valence-electron chi connectivity index (χ0n) is 9.73. The number of amides is 1. The molecule has 0 aliphatic heterocycles. The molecular formula is C11H19NO4. The van der Waals surface area contributed by atoms with Crippen molar-refractivity contribution in [3.63, 3.8) is 0 Å². The van der Waals surface area contributed by atoms with Crippen LogP contribution in [0.5, 0.6) is 0 Å². The van der Waals surface area contributed by atoms with Crippen LogP contribution in [-0.4, -0.2) is 35.7 Å². The van der Waals surface area contributed by atoms with E-state index in [1.165, 1.54) is 0 Å². The van der Waals surface area contributed by atoms with Crippen LogP contribution in [0.4, 0.5) is 0 Å². The largest absolute Gasteiger partial charge is 0.480 e. The second-order valence-corrected chi connectivity index (χ2v) is 4.25. The molecule has 5 nitrogen and oxygen atoms in total. The van der Waals surface area contributed by atoms with E-state index in [0.29, 0.717) is 0 Å². The number of aliphatic carboxylic acids is 1. The van der Waals surface area contributed by atoms with Gasteiger partial charge in [-0.1, -0.05) is 6.92 Å². The van der Waals surface area contributed by atoms with Crippen LogP contribution in [0.3, 0.4) is 0 Å². The summed E-state index contributed by atoms with van der Waals surface area (Å²) in [6.45, 7) is 3.78. The Balaban J connectivity index is 2.28. The average molecular weight is 229 g/mol. The van der Waals surface area contributed by atoms with Crippen molar-refractivity contribution in [1.29, 1.82) is 0 Å². The summed E-state index contributed by atoms with van der Waals surface area (Å²) in [5.41, 5.74) is 0. The molecule has 0 aromatic carbocycles. The third-order valence-corrected chi connectivity index (χ3v) is 2.75. The Bertz CT molecular complexity index is 263. The van der Waals surface area contributed by atoms with Crippen molar-refractivity contribution in [3.8, 4) is 0 Å². The summed E-state index contributed by atoms with van der Waals surface area (Å²) in [5, 5.41) is 11.4. The van der Waals surface area contributed by atoms with Crippen molar-refractivity contribution in [3.05, 3.63) is 0 Å². The van der Waals surface area contributed by atoms with Crippen LogP contribution in [0.25, 0.3) is 0 Å². The lowest BCUT2D eigenvalue weighted by molar-refractivity contribution is -0.143. The molecule has 1 aliphatic rings. The van der Waals surface area contributed by atoms with E-state index in [4.69, 9.17) is 9.84 Å². The fourth-order valence-corrected chi connectivity index (χ4v) is 1.36. The Kier molecular flexibility index (Phi) is 4.73. The number of hydrogen-bond donors (Lipinski definition) is 2. The summed E-state index contributed by atoms with van der Waals surface area (Å²) < 4.78 is 5.23. The molecule has 0 spiro atoms. The number of carboxylic acids is 1. The normalized spacial score (nSPS) is 18.9. The fourth-order valence-electron chi connectivity index (χ4n) is 1.36. The molecule has 0 bridgehead atoms. The van der Waals surface area contributed by atoms with Gasteiger partial charge in [-0.3, -0.25) is 4.79 Å². The summed E-state index contributed by atoms with van der Waals surface area (Å²) in [6, 6.07) is -0.743. The minimum atomic E-state index is -0.959. The first-order valence-electron chi connectivity index (χ1n) is 5.68. The summed E-state index contributed by atoms with van der Waals surface area (Å²) in [6.07, 6.45) is 2.61. The Morgan fingerprint density at radius 2 is 2.12 bits per heavy atom. The monoisotopic (exact) mass is 229 g/mol. The molecule has 0 aromatic heterocycles. The number of carbonyl (C=O) groups is 2. The summed E-state index contributed by atoms with van der Waals surface area (Å²) >= 11 is 0. The maximum absolute atomic E-state index is 11.4. The van der Waals surface area contributed by atoms with Crippen molar-refractivity contribution < 1.29 is 19.4 Å². The van der Waals surface area contributed by atoms with Gasteiger partial charge in [0, 0.05) is 0 Å². The van der Waals surface area contributed by atoms with Crippen LogP contribution in [0.2, 0.25) is 0 Å². The van der Waals surface area contributed by atoms with Crippen LogP contribution in [0.15, 0.2) is 0 Å². The van der Waals surface area contributed by atoms with Crippen molar-refractivity contribution >= 4 is 11.9 Å². The van der Waals surface area contributed by atoms with Crippen LogP contribution in [-0.2, 0) is 14.3 Å². The van der Waals surface area contributed by atoms with E-state index in [9.17, 15) is 9.59 Å². The van der Waals surface area contributed by atoms with E-state index >= 15 is 0 Å². The highest BCUT2D eigenvalue weighted by Crippen LogP contribution is 2.32. The Hall–Kier alpha value is -1.10. The number of ether oxygens (including phenoxy) is 1.